The van der Waals surface area contributed by atoms with Gasteiger partial charge in [-0.15, -0.1) is 5.10 Å². The number of methoxy groups -OCH3 is 1. The van der Waals surface area contributed by atoms with Gasteiger partial charge >= 0.3 is 5.97 Å². The fraction of sp³-hybridized carbons (Fsp3) is 0.417. The third kappa shape index (κ3) is 3.65. The Bertz CT molecular complexity index is 507. The number of aryl methyl sites for hydroxylation is 1. The quantitative estimate of drug-likeness (QED) is 0.589. The van der Waals surface area contributed by atoms with Crippen LogP contribution in [0, 0.1) is 0 Å². The molecule has 0 unspecified atom stereocenters. The molecule has 1 N–H and O–H groups in total. The van der Waals surface area contributed by atoms with Crippen molar-refractivity contribution in [3.8, 4) is 0 Å². The van der Waals surface area contributed by atoms with E-state index in [1.807, 2.05) is 6.20 Å². The first kappa shape index (κ1) is 13.3. The molecule has 0 aliphatic rings. The number of nitrogens with one attached hydrogen (secondary N) is 1. The number of carbonyl (C=O) groups is 1. The largest absolute Gasteiger partial charge is 0.463 e. The topological polar surface area (TPSA) is 82.2 Å². The summed E-state index contributed by atoms with van der Waals surface area (Å²) in [6, 6.07) is 1.76. The number of ether oxygens (including phenoxy) is 1. The van der Waals surface area contributed by atoms with Crippen LogP contribution in [0.5, 0.6) is 0 Å². The van der Waals surface area contributed by atoms with Gasteiger partial charge in [0.2, 0.25) is 5.76 Å². The summed E-state index contributed by atoms with van der Waals surface area (Å²) in [6.07, 6.45) is 5.89. The fourth-order valence-electron chi connectivity index (χ4n) is 1.69. The Morgan fingerprint density at radius 3 is 3.21 bits per heavy atom. The third-order valence-electron chi connectivity index (χ3n) is 2.65. The zero-order chi connectivity index (χ0) is 13.5. The number of hydrogen-bond acceptors (Lipinski definition) is 6. The van der Waals surface area contributed by atoms with E-state index >= 15 is 0 Å². The van der Waals surface area contributed by atoms with E-state index in [0.717, 1.165) is 25.1 Å². The molecule has 0 saturated heterocycles. The molecule has 7 heteroatoms. The summed E-state index contributed by atoms with van der Waals surface area (Å²) in [5.41, 5.74) is 0.799. The van der Waals surface area contributed by atoms with Gasteiger partial charge in [0, 0.05) is 24.8 Å². The zero-order valence-corrected chi connectivity index (χ0v) is 10.7. The van der Waals surface area contributed by atoms with Crippen molar-refractivity contribution in [2.75, 3.05) is 13.7 Å². The number of hydrogen-bond donors (Lipinski definition) is 1. The van der Waals surface area contributed by atoms with Crippen molar-refractivity contribution in [1.29, 1.82) is 0 Å². The van der Waals surface area contributed by atoms with E-state index in [1.54, 1.807) is 16.9 Å². The summed E-state index contributed by atoms with van der Waals surface area (Å²) in [7, 11) is 1.33. The van der Waals surface area contributed by atoms with Crippen LogP contribution in [0.15, 0.2) is 29.1 Å². The van der Waals surface area contributed by atoms with E-state index < -0.39 is 5.97 Å². The van der Waals surface area contributed by atoms with Gasteiger partial charge in [0.05, 0.1) is 19.6 Å². The summed E-state index contributed by atoms with van der Waals surface area (Å²) in [4.78, 5) is 11.4. The van der Waals surface area contributed by atoms with Crippen LogP contribution in [0.2, 0.25) is 0 Å². The predicted molar refractivity (Wildman–Crippen MR) is 66.4 cm³/mol. The second kappa shape index (κ2) is 6.69. The number of nitrogens with zero attached hydrogens (tertiary/aromatic N) is 3. The van der Waals surface area contributed by atoms with Crippen LogP contribution in [0.4, 0.5) is 0 Å². The molecule has 0 bridgehead atoms. The van der Waals surface area contributed by atoms with E-state index in [0.29, 0.717) is 6.54 Å². The number of aromatic nitrogens is 3. The third-order valence-corrected chi connectivity index (χ3v) is 2.65. The van der Waals surface area contributed by atoms with Crippen LogP contribution < -0.4 is 5.32 Å². The van der Waals surface area contributed by atoms with Crippen molar-refractivity contribution in [3.05, 3.63) is 36.0 Å². The molecule has 19 heavy (non-hydrogen) atoms. The van der Waals surface area contributed by atoms with Crippen LogP contribution in [-0.2, 0) is 17.8 Å². The van der Waals surface area contributed by atoms with Crippen molar-refractivity contribution < 1.29 is 13.9 Å². The van der Waals surface area contributed by atoms with Crippen LogP contribution in [-0.4, -0.2) is 34.6 Å². The first-order valence-electron chi connectivity index (χ1n) is 6.00. The van der Waals surface area contributed by atoms with Crippen molar-refractivity contribution in [3.63, 3.8) is 0 Å². The van der Waals surface area contributed by atoms with Crippen LogP contribution >= 0.6 is 0 Å². The highest BCUT2D eigenvalue weighted by Crippen LogP contribution is 2.11. The van der Waals surface area contributed by atoms with Crippen LogP contribution in [0.3, 0.4) is 0 Å². The summed E-state index contributed by atoms with van der Waals surface area (Å²) < 4.78 is 11.5. The van der Waals surface area contributed by atoms with Gasteiger partial charge in [-0.3, -0.25) is 4.68 Å². The zero-order valence-electron chi connectivity index (χ0n) is 10.7. The molecule has 0 aliphatic carbocycles. The lowest BCUT2D eigenvalue weighted by atomic mass is 10.2. The lowest BCUT2D eigenvalue weighted by molar-refractivity contribution is 0.0563. The molecule has 0 spiro atoms. The second-order valence-electron chi connectivity index (χ2n) is 3.96. The number of carbonyl (C=O) groups excluding carboxylic acids is 1. The van der Waals surface area contributed by atoms with Gasteiger partial charge < -0.3 is 14.5 Å². The molecule has 0 fully saturated rings. The minimum atomic E-state index is -0.454. The Hall–Kier alpha value is -2.15. The standard InChI is InChI=1S/C12H16N4O3/c1-18-12(17)11-10(3-8-19-11)9-13-4-2-6-16-7-5-14-15-16/h3,5,7-8,13H,2,4,6,9H2,1H3. The van der Waals surface area contributed by atoms with E-state index in [9.17, 15) is 4.79 Å². The Morgan fingerprint density at radius 2 is 2.47 bits per heavy atom. The summed E-state index contributed by atoms with van der Waals surface area (Å²) in [6.45, 7) is 2.19. The van der Waals surface area contributed by atoms with E-state index in [1.165, 1.54) is 13.4 Å². The smallest absolute Gasteiger partial charge is 0.374 e. The highest BCUT2D eigenvalue weighted by atomic mass is 16.5. The maximum absolute atomic E-state index is 11.4. The molecule has 0 aromatic carbocycles. The highest BCUT2D eigenvalue weighted by molar-refractivity contribution is 5.87. The van der Waals surface area contributed by atoms with Crippen molar-refractivity contribution in [2.45, 2.75) is 19.5 Å². The Labute approximate surface area is 110 Å². The van der Waals surface area contributed by atoms with Gasteiger partial charge in [0.1, 0.15) is 0 Å². The molecule has 0 radical (unpaired) electrons. The van der Waals surface area contributed by atoms with Gasteiger partial charge in [0.25, 0.3) is 0 Å². The molecule has 2 heterocycles. The van der Waals surface area contributed by atoms with E-state index in [-0.39, 0.29) is 5.76 Å². The number of rotatable bonds is 7. The maximum atomic E-state index is 11.4. The Morgan fingerprint density at radius 1 is 1.58 bits per heavy atom. The predicted octanol–water partition coefficient (Wildman–Crippen LogP) is 0.838. The molecule has 0 saturated carbocycles. The normalized spacial score (nSPS) is 10.6. The van der Waals surface area contributed by atoms with Gasteiger partial charge in [0.15, 0.2) is 0 Å². The minimum Gasteiger partial charge on any atom is -0.463 e. The lowest BCUT2D eigenvalue weighted by Crippen LogP contribution is -2.18. The van der Waals surface area contributed by atoms with Crippen molar-refractivity contribution in [1.82, 2.24) is 20.3 Å². The maximum Gasteiger partial charge on any atom is 0.374 e. The van der Waals surface area contributed by atoms with Crippen molar-refractivity contribution >= 4 is 5.97 Å². The van der Waals surface area contributed by atoms with Gasteiger partial charge in [-0.05, 0) is 19.0 Å². The lowest BCUT2D eigenvalue weighted by Gasteiger charge is -2.04. The molecule has 0 aliphatic heterocycles. The molecule has 0 atom stereocenters. The second-order valence-corrected chi connectivity index (χ2v) is 3.96. The van der Waals surface area contributed by atoms with Crippen LogP contribution in [0.25, 0.3) is 0 Å². The summed E-state index contributed by atoms with van der Waals surface area (Å²) in [5.74, 6) is -0.198. The molecular weight excluding hydrogens is 248 g/mol. The first-order chi connectivity index (χ1) is 9.31. The van der Waals surface area contributed by atoms with E-state index in [2.05, 4.69) is 20.4 Å². The summed E-state index contributed by atoms with van der Waals surface area (Å²) >= 11 is 0. The van der Waals surface area contributed by atoms with Gasteiger partial charge in [-0.2, -0.15) is 0 Å². The first-order valence-corrected chi connectivity index (χ1v) is 6.00. The molecule has 2 aromatic heterocycles. The average molecular weight is 264 g/mol. The Kier molecular flexibility index (Phi) is 4.68. The van der Waals surface area contributed by atoms with Crippen molar-refractivity contribution in [2.24, 2.45) is 0 Å². The summed E-state index contributed by atoms with van der Waals surface area (Å²) in [5, 5.41) is 10.8. The molecular formula is C12H16N4O3. The molecule has 2 rings (SSSR count). The van der Waals surface area contributed by atoms with Gasteiger partial charge in [-0.1, -0.05) is 5.21 Å². The highest BCUT2D eigenvalue weighted by Gasteiger charge is 2.14. The SMILES string of the molecule is COC(=O)c1occc1CNCCCn1ccnn1. The van der Waals surface area contributed by atoms with Crippen LogP contribution in [0.1, 0.15) is 22.5 Å². The van der Waals surface area contributed by atoms with E-state index in [4.69, 9.17) is 4.42 Å². The molecule has 2 aromatic rings. The Balaban J connectivity index is 1.71. The molecule has 7 nitrogen and oxygen atoms in total. The average Bonchev–Trinajstić information content (AvgIpc) is 3.08. The fourth-order valence-corrected chi connectivity index (χ4v) is 1.69. The number of esters is 1. The number of furan rings is 1. The van der Waals surface area contributed by atoms with Gasteiger partial charge in [-0.25, -0.2) is 4.79 Å². The minimum absolute atomic E-state index is 0.256. The monoisotopic (exact) mass is 264 g/mol. The molecule has 102 valence electrons. The molecule has 0 amide bonds.